The van der Waals surface area contributed by atoms with E-state index < -0.39 is 5.97 Å². The van der Waals surface area contributed by atoms with Crippen LogP contribution in [0, 0.1) is 0 Å². The number of thiophene rings is 1. The van der Waals surface area contributed by atoms with Gasteiger partial charge in [0.2, 0.25) is 5.91 Å². The number of carbonyl (C=O) groups is 2. The molecule has 1 amide bonds. The van der Waals surface area contributed by atoms with Gasteiger partial charge in [-0.15, -0.1) is 23.1 Å². The van der Waals surface area contributed by atoms with Gasteiger partial charge < -0.3 is 14.9 Å². The van der Waals surface area contributed by atoms with Crippen molar-refractivity contribution in [3.05, 3.63) is 47.6 Å². The fraction of sp³-hybridized carbons (Fsp3) is 0.222. The van der Waals surface area contributed by atoms with E-state index in [0.29, 0.717) is 29.6 Å². The van der Waals surface area contributed by atoms with Crippen molar-refractivity contribution in [1.29, 1.82) is 0 Å². The van der Waals surface area contributed by atoms with Crippen LogP contribution in [-0.2, 0) is 15.3 Å². The first-order chi connectivity index (χ1) is 13.1. The second kappa shape index (κ2) is 9.33. The van der Waals surface area contributed by atoms with Gasteiger partial charge in [0.1, 0.15) is 0 Å². The highest BCUT2D eigenvalue weighted by Crippen LogP contribution is 2.30. The Morgan fingerprint density at radius 3 is 2.81 bits per heavy atom. The van der Waals surface area contributed by atoms with Gasteiger partial charge in [0, 0.05) is 17.7 Å². The number of carboxylic acids is 1. The molecule has 0 bridgehead atoms. The lowest BCUT2D eigenvalue weighted by atomic mass is 10.2. The van der Waals surface area contributed by atoms with Crippen molar-refractivity contribution in [2.75, 3.05) is 5.32 Å². The standard InChI is InChI=1S/C18H17N3O4S2/c22-16(8-3-9-17(23)24)19-12-5-1-2-6-13(12)27-11-15-20-18(25-21-15)14-7-4-10-26-14/h1-2,4-7,10H,3,8-9,11H2,(H,19,22)(H,23,24). The second-order valence-electron chi connectivity index (χ2n) is 5.57. The molecule has 0 saturated carbocycles. The van der Waals surface area contributed by atoms with Gasteiger partial charge in [-0.3, -0.25) is 9.59 Å². The summed E-state index contributed by atoms with van der Waals surface area (Å²) in [5, 5.41) is 17.4. The number of hydrogen-bond donors (Lipinski definition) is 2. The molecule has 0 radical (unpaired) electrons. The van der Waals surface area contributed by atoms with E-state index in [-0.39, 0.29) is 18.7 Å². The summed E-state index contributed by atoms with van der Waals surface area (Å²) in [4.78, 5) is 28.7. The number of aliphatic carboxylic acids is 1. The Labute approximate surface area is 163 Å². The van der Waals surface area contributed by atoms with E-state index in [0.717, 1.165) is 9.77 Å². The number of nitrogens with zero attached hydrogens (tertiary/aromatic N) is 2. The Kier molecular flexibility index (Phi) is 6.61. The highest BCUT2D eigenvalue weighted by molar-refractivity contribution is 7.98. The molecular weight excluding hydrogens is 386 g/mol. The summed E-state index contributed by atoms with van der Waals surface area (Å²) in [7, 11) is 0. The smallest absolute Gasteiger partial charge is 0.303 e. The molecule has 27 heavy (non-hydrogen) atoms. The lowest BCUT2D eigenvalue weighted by molar-refractivity contribution is -0.137. The van der Waals surface area contributed by atoms with Gasteiger partial charge in [0.05, 0.1) is 16.3 Å². The highest BCUT2D eigenvalue weighted by atomic mass is 32.2. The van der Waals surface area contributed by atoms with Crippen molar-refractivity contribution in [2.24, 2.45) is 0 Å². The fourth-order valence-electron chi connectivity index (χ4n) is 2.26. The zero-order valence-electron chi connectivity index (χ0n) is 14.3. The van der Waals surface area contributed by atoms with Crippen LogP contribution in [0.3, 0.4) is 0 Å². The van der Waals surface area contributed by atoms with Crippen LogP contribution in [0.25, 0.3) is 10.8 Å². The summed E-state index contributed by atoms with van der Waals surface area (Å²) in [5.74, 6) is 0.470. The van der Waals surface area contributed by atoms with Gasteiger partial charge in [-0.05, 0) is 30.0 Å². The van der Waals surface area contributed by atoms with Gasteiger partial charge >= 0.3 is 5.97 Å². The van der Waals surface area contributed by atoms with E-state index in [1.165, 1.54) is 23.1 Å². The van der Waals surface area contributed by atoms with Crippen LogP contribution < -0.4 is 5.32 Å². The molecule has 0 fully saturated rings. The second-order valence-corrected chi connectivity index (χ2v) is 7.54. The van der Waals surface area contributed by atoms with Gasteiger partial charge in [0.25, 0.3) is 5.89 Å². The first kappa shape index (κ1) is 19.1. The van der Waals surface area contributed by atoms with Crippen molar-refractivity contribution < 1.29 is 19.2 Å². The quantitative estimate of drug-likeness (QED) is 0.514. The summed E-state index contributed by atoms with van der Waals surface area (Å²) in [6.07, 6.45) is 0.458. The minimum Gasteiger partial charge on any atom is -0.481 e. The monoisotopic (exact) mass is 403 g/mol. The number of hydrogen-bond acceptors (Lipinski definition) is 7. The molecule has 7 nitrogen and oxygen atoms in total. The third-order valence-electron chi connectivity index (χ3n) is 3.51. The van der Waals surface area contributed by atoms with Crippen LogP contribution in [0.4, 0.5) is 5.69 Å². The SMILES string of the molecule is O=C(O)CCCC(=O)Nc1ccccc1SCc1noc(-c2cccs2)n1. The third kappa shape index (κ3) is 5.66. The molecule has 0 aliphatic carbocycles. The molecule has 2 N–H and O–H groups in total. The summed E-state index contributed by atoms with van der Waals surface area (Å²) in [6.45, 7) is 0. The average Bonchev–Trinajstić information content (AvgIpc) is 3.32. The molecule has 2 aromatic heterocycles. The van der Waals surface area contributed by atoms with Crippen molar-refractivity contribution in [1.82, 2.24) is 10.1 Å². The van der Waals surface area contributed by atoms with Crippen molar-refractivity contribution in [3.8, 4) is 10.8 Å². The molecule has 0 unspecified atom stereocenters. The average molecular weight is 403 g/mol. The first-order valence-electron chi connectivity index (χ1n) is 8.22. The Morgan fingerprint density at radius 1 is 1.19 bits per heavy atom. The van der Waals surface area contributed by atoms with Crippen LogP contribution >= 0.6 is 23.1 Å². The summed E-state index contributed by atoms with van der Waals surface area (Å²) in [6, 6.07) is 11.3. The summed E-state index contributed by atoms with van der Waals surface area (Å²) < 4.78 is 5.27. The molecule has 2 heterocycles. The predicted octanol–water partition coefficient (Wildman–Crippen LogP) is 4.28. The molecule has 3 aromatic rings. The third-order valence-corrected chi connectivity index (χ3v) is 5.44. The normalized spacial score (nSPS) is 10.7. The number of carboxylic acid groups (broad SMARTS) is 1. The van der Waals surface area contributed by atoms with Crippen LogP contribution in [0.2, 0.25) is 0 Å². The Bertz CT molecular complexity index is 909. The maximum atomic E-state index is 12.0. The Balaban J connectivity index is 1.57. The number of para-hydroxylation sites is 1. The number of rotatable bonds is 9. The summed E-state index contributed by atoms with van der Waals surface area (Å²) in [5.41, 5.74) is 0.685. The minimum absolute atomic E-state index is 0.0196. The van der Waals surface area contributed by atoms with Crippen LogP contribution in [0.1, 0.15) is 25.1 Å². The number of anilines is 1. The van der Waals surface area contributed by atoms with E-state index in [9.17, 15) is 9.59 Å². The molecule has 0 saturated heterocycles. The van der Waals surface area contributed by atoms with Crippen LogP contribution in [0.15, 0.2) is 51.2 Å². The number of aromatic nitrogens is 2. The number of carbonyl (C=O) groups excluding carboxylic acids is 1. The van der Waals surface area contributed by atoms with Crippen LogP contribution in [-0.4, -0.2) is 27.1 Å². The Morgan fingerprint density at radius 2 is 2.04 bits per heavy atom. The van der Waals surface area contributed by atoms with E-state index >= 15 is 0 Å². The van der Waals surface area contributed by atoms with E-state index in [1.54, 1.807) is 0 Å². The zero-order chi connectivity index (χ0) is 19.1. The Hall–Kier alpha value is -2.65. The molecule has 0 aliphatic rings. The molecule has 0 aliphatic heterocycles. The molecule has 140 valence electrons. The van der Waals surface area contributed by atoms with Crippen LogP contribution in [0.5, 0.6) is 0 Å². The maximum absolute atomic E-state index is 12.0. The zero-order valence-corrected chi connectivity index (χ0v) is 15.9. The molecular formula is C18H17N3O4S2. The van der Waals surface area contributed by atoms with Gasteiger partial charge in [-0.1, -0.05) is 23.4 Å². The van der Waals surface area contributed by atoms with E-state index in [2.05, 4.69) is 15.5 Å². The lowest BCUT2D eigenvalue weighted by Gasteiger charge is -2.09. The highest BCUT2D eigenvalue weighted by Gasteiger charge is 2.12. The molecule has 0 atom stereocenters. The molecule has 3 rings (SSSR count). The molecule has 0 spiro atoms. The lowest BCUT2D eigenvalue weighted by Crippen LogP contribution is -2.12. The maximum Gasteiger partial charge on any atom is 0.303 e. The predicted molar refractivity (Wildman–Crippen MR) is 104 cm³/mol. The van der Waals surface area contributed by atoms with Gasteiger partial charge in [-0.25, -0.2) is 0 Å². The molecule has 1 aromatic carbocycles. The minimum atomic E-state index is -0.902. The number of nitrogens with one attached hydrogen (secondary N) is 1. The van der Waals surface area contributed by atoms with E-state index in [1.807, 2.05) is 41.8 Å². The number of amides is 1. The van der Waals surface area contributed by atoms with Crippen molar-refractivity contribution in [2.45, 2.75) is 29.9 Å². The topological polar surface area (TPSA) is 105 Å². The summed E-state index contributed by atoms with van der Waals surface area (Å²) >= 11 is 3.03. The number of benzene rings is 1. The van der Waals surface area contributed by atoms with E-state index in [4.69, 9.17) is 9.63 Å². The number of thioether (sulfide) groups is 1. The van der Waals surface area contributed by atoms with Crippen molar-refractivity contribution in [3.63, 3.8) is 0 Å². The fourth-order valence-corrected chi connectivity index (χ4v) is 3.76. The first-order valence-corrected chi connectivity index (χ1v) is 10.1. The largest absolute Gasteiger partial charge is 0.481 e. The molecule has 9 heteroatoms. The van der Waals surface area contributed by atoms with Crippen molar-refractivity contribution >= 4 is 40.7 Å². The van der Waals surface area contributed by atoms with Gasteiger partial charge in [-0.2, -0.15) is 4.98 Å². The van der Waals surface area contributed by atoms with Gasteiger partial charge in [0.15, 0.2) is 5.82 Å².